The average molecular weight is 391 g/mol. The van der Waals surface area contributed by atoms with Crippen molar-refractivity contribution in [1.29, 1.82) is 0 Å². The van der Waals surface area contributed by atoms with Crippen LogP contribution in [0.1, 0.15) is 15.2 Å². The fourth-order valence-electron chi connectivity index (χ4n) is 2.70. The molecule has 132 valence electrons. The molecule has 0 saturated heterocycles. The number of benzene rings is 3. The van der Waals surface area contributed by atoms with Gasteiger partial charge in [-0.2, -0.15) is 0 Å². The van der Waals surface area contributed by atoms with Crippen LogP contribution in [-0.4, -0.2) is 10.8 Å². The number of anilines is 2. The molecule has 1 aromatic heterocycles. The minimum Gasteiger partial charge on any atom is -0.332 e. The number of nitrogens with one attached hydrogen (secondary N) is 1. The number of para-hydroxylation sites is 1. The number of hydrogen-bond acceptors (Lipinski definition) is 4. The molecule has 0 aliphatic heterocycles. The van der Waals surface area contributed by atoms with Crippen LogP contribution in [0.15, 0.2) is 84.9 Å². The molecule has 0 aliphatic carbocycles. The van der Waals surface area contributed by atoms with Crippen molar-refractivity contribution in [2.45, 2.75) is 0 Å². The Kier molecular flexibility index (Phi) is 5.01. The Bertz CT molecular complexity index is 1060. The minimum atomic E-state index is -0.0656. The van der Waals surface area contributed by atoms with Crippen LogP contribution in [0, 0.1) is 0 Å². The maximum Gasteiger partial charge on any atom is 0.205 e. The molecule has 0 aliphatic rings. The van der Waals surface area contributed by atoms with Gasteiger partial charge in [0.2, 0.25) is 5.78 Å². The fraction of sp³-hybridized carbons (Fsp3) is 0. The number of aromatic nitrogens is 1. The second-order valence-corrected chi connectivity index (χ2v) is 7.33. The van der Waals surface area contributed by atoms with Crippen molar-refractivity contribution < 1.29 is 4.79 Å². The topological polar surface area (TPSA) is 42.0 Å². The number of carbonyl (C=O) groups is 1. The van der Waals surface area contributed by atoms with Crippen molar-refractivity contribution >= 4 is 39.5 Å². The van der Waals surface area contributed by atoms with Gasteiger partial charge in [-0.3, -0.25) is 4.79 Å². The molecule has 4 aromatic rings. The van der Waals surface area contributed by atoms with Crippen molar-refractivity contribution in [3.63, 3.8) is 0 Å². The molecule has 3 aromatic carbocycles. The van der Waals surface area contributed by atoms with Gasteiger partial charge in [-0.15, -0.1) is 0 Å². The zero-order valence-corrected chi connectivity index (χ0v) is 15.8. The molecule has 0 bridgehead atoms. The van der Waals surface area contributed by atoms with E-state index < -0.39 is 0 Å². The zero-order valence-electron chi connectivity index (χ0n) is 14.2. The fourth-order valence-corrected chi connectivity index (χ4v) is 3.79. The van der Waals surface area contributed by atoms with Gasteiger partial charge in [0.15, 0.2) is 5.13 Å². The Morgan fingerprint density at radius 2 is 1.48 bits per heavy atom. The number of rotatable bonds is 5. The van der Waals surface area contributed by atoms with Crippen LogP contribution in [0.25, 0.3) is 11.3 Å². The van der Waals surface area contributed by atoms with E-state index in [1.54, 1.807) is 24.3 Å². The lowest BCUT2D eigenvalue weighted by atomic mass is 10.1. The Morgan fingerprint density at radius 3 is 2.15 bits per heavy atom. The first-order valence-corrected chi connectivity index (χ1v) is 9.59. The zero-order chi connectivity index (χ0) is 18.6. The quantitative estimate of drug-likeness (QED) is 0.399. The van der Waals surface area contributed by atoms with E-state index >= 15 is 0 Å². The first-order chi connectivity index (χ1) is 13.2. The van der Waals surface area contributed by atoms with Gasteiger partial charge in [-0.1, -0.05) is 71.5 Å². The summed E-state index contributed by atoms with van der Waals surface area (Å²) in [7, 11) is 0. The third-order valence-electron chi connectivity index (χ3n) is 4.01. The molecule has 27 heavy (non-hydrogen) atoms. The van der Waals surface area contributed by atoms with Gasteiger partial charge in [0.25, 0.3) is 0 Å². The number of thiazole rings is 1. The Hall–Kier alpha value is -2.95. The van der Waals surface area contributed by atoms with Gasteiger partial charge < -0.3 is 5.32 Å². The lowest BCUT2D eigenvalue weighted by molar-refractivity contribution is 0.104. The summed E-state index contributed by atoms with van der Waals surface area (Å²) in [6.45, 7) is 0. The molecule has 1 N–H and O–H groups in total. The Balaban J connectivity index is 1.76. The van der Waals surface area contributed by atoms with Crippen LogP contribution in [0.4, 0.5) is 10.8 Å². The molecule has 0 saturated carbocycles. The summed E-state index contributed by atoms with van der Waals surface area (Å²) < 4.78 is 0. The molecule has 3 nitrogen and oxygen atoms in total. The minimum absolute atomic E-state index is 0.0656. The first-order valence-electron chi connectivity index (χ1n) is 8.39. The van der Waals surface area contributed by atoms with Gasteiger partial charge in [0.1, 0.15) is 4.88 Å². The van der Waals surface area contributed by atoms with E-state index in [1.807, 2.05) is 60.7 Å². The smallest absolute Gasteiger partial charge is 0.205 e. The van der Waals surface area contributed by atoms with Gasteiger partial charge in [-0.25, -0.2) is 4.98 Å². The van der Waals surface area contributed by atoms with E-state index in [9.17, 15) is 4.79 Å². The second-order valence-electron chi connectivity index (χ2n) is 5.89. The van der Waals surface area contributed by atoms with Crippen molar-refractivity contribution in [2.75, 3.05) is 5.32 Å². The lowest BCUT2D eigenvalue weighted by Crippen LogP contribution is -2.00. The maximum absolute atomic E-state index is 13.1. The van der Waals surface area contributed by atoms with Crippen LogP contribution in [0.5, 0.6) is 0 Å². The number of ketones is 1. The number of carbonyl (C=O) groups excluding carboxylic acids is 1. The van der Waals surface area contributed by atoms with Crippen LogP contribution in [0.3, 0.4) is 0 Å². The molecule has 5 heteroatoms. The lowest BCUT2D eigenvalue weighted by Gasteiger charge is -2.02. The highest BCUT2D eigenvalue weighted by Gasteiger charge is 2.21. The molecule has 0 atom stereocenters. The van der Waals surface area contributed by atoms with Gasteiger partial charge in [-0.05, 0) is 36.4 Å². The summed E-state index contributed by atoms with van der Waals surface area (Å²) in [5.74, 6) is -0.0656. The molecule has 4 rings (SSSR count). The van der Waals surface area contributed by atoms with Crippen molar-refractivity contribution in [2.24, 2.45) is 0 Å². The van der Waals surface area contributed by atoms with Gasteiger partial charge in [0, 0.05) is 21.8 Å². The number of hydrogen-bond donors (Lipinski definition) is 1. The number of halogens is 1. The van der Waals surface area contributed by atoms with Crippen molar-refractivity contribution in [3.8, 4) is 11.3 Å². The van der Waals surface area contributed by atoms with Gasteiger partial charge >= 0.3 is 0 Å². The monoisotopic (exact) mass is 390 g/mol. The molecule has 0 fully saturated rings. The SMILES string of the molecule is O=C(c1ccc(Cl)cc1)c1sc(Nc2ccccc2)nc1-c1ccccc1. The molecule has 0 amide bonds. The first kappa shape index (κ1) is 17.5. The summed E-state index contributed by atoms with van der Waals surface area (Å²) in [6.07, 6.45) is 0. The molecular weight excluding hydrogens is 376 g/mol. The molecule has 1 heterocycles. The summed E-state index contributed by atoms with van der Waals surface area (Å²) in [6, 6.07) is 26.5. The summed E-state index contributed by atoms with van der Waals surface area (Å²) in [4.78, 5) is 18.4. The molecule has 0 unspecified atom stereocenters. The largest absolute Gasteiger partial charge is 0.332 e. The molecule has 0 spiro atoms. The number of nitrogens with zero attached hydrogens (tertiary/aromatic N) is 1. The van der Waals surface area contributed by atoms with E-state index in [-0.39, 0.29) is 5.78 Å². The highest BCUT2D eigenvalue weighted by atomic mass is 35.5. The van der Waals surface area contributed by atoms with E-state index in [0.717, 1.165) is 11.3 Å². The van der Waals surface area contributed by atoms with E-state index in [2.05, 4.69) is 5.32 Å². The highest BCUT2D eigenvalue weighted by Crippen LogP contribution is 2.34. The highest BCUT2D eigenvalue weighted by molar-refractivity contribution is 7.18. The Morgan fingerprint density at radius 1 is 0.852 bits per heavy atom. The van der Waals surface area contributed by atoms with Crippen LogP contribution < -0.4 is 5.32 Å². The van der Waals surface area contributed by atoms with E-state index in [0.29, 0.717) is 26.3 Å². The maximum atomic E-state index is 13.1. The third kappa shape index (κ3) is 3.92. The van der Waals surface area contributed by atoms with E-state index in [1.165, 1.54) is 11.3 Å². The summed E-state index contributed by atoms with van der Waals surface area (Å²) in [5, 5.41) is 4.56. The summed E-state index contributed by atoms with van der Waals surface area (Å²) >= 11 is 7.30. The average Bonchev–Trinajstić information content (AvgIpc) is 3.13. The summed E-state index contributed by atoms with van der Waals surface area (Å²) in [5.41, 5.74) is 3.11. The van der Waals surface area contributed by atoms with E-state index in [4.69, 9.17) is 16.6 Å². The van der Waals surface area contributed by atoms with Crippen molar-refractivity contribution in [1.82, 2.24) is 4.98 Å². The van der Waals surface area contributed by atoms with Crippen LogP contribution in [-0.2, 0) is 0 Å². The Labute approximate surface area is 166 Å². The standard InChI is InChI=1S/C22H15ClN2OS/c23-17-13-11-16(12-14-17)20(26)21-19(15-7-3-1-4-8-15)25-22(27-21)24-18-9-5-2-6-10-18/h1-14H,(H,24,25). The third-order valence-corrected chi connectivity index (χ3v) is 5.23. The normalized spacial score (nSPS) is 10.6. The van der Waals surface area contributed by atoms with Gasteiger partial charge in [0.05, 0.1) is 5.69 Å². The van der Waals surface area contributed by atoms with Crippen LogP contribution in [0.2, 0.25) is 5.02 Å². The molecule has 0 radical (unpaired) electrons. The van der Waals surface area contributed by atoms with Crippen molar-refractivity contribution in [3.05, 3.63) is 100 Å². The predicted octanol–water partition coefficient (Wildman–Crippen LogP) is 6.44. The van der Waals surface area contributed by atoms with Crippen LogP contribution >= 0.6 is 22.9 Å². The second kappa shape index (κ2) is 7.74. The predicted molar refractivity (Wildman–Crippen MR) is 112 cm³/mol. The molecular formula is C22H15ClN2OS.